The highest BCUT2D eigenvalue weighted by molar-refractivity contribution is 7.92. The summed E-state index contributed by atoms with van der Waals surface area (Å²) < 4.78 is 30.9. The number of sulfonamides is 1. The van der Waals surface area contributed by atoms with Crippen LogP contribution < -0.4 is 9.62 Å². The Morgan fingerprint density at radius 3 is 2.09 bits per heavy atom. The molecule has 0 aromatic heterocycles. The Balaban J connectivity index is 2.07. The van der Waals surface area contributed by atoms with Crippen molar-refractivity contribution in [3.05, 3.63) is 59.7 Å². The summed E-state index contributed by atoms with van der Waals surface area (Å²) in [7, 11) is -3.67. The quantitative estimate of drug-likeness (QED) is 0.444. The van der Waals surface area contributed by atoms with Gasteiger partial charge in [0, 0.05) is 5.69 Å². The molecule has 8 heteroatoms. The number of esters is 1. The van der Waals surface area contributed by atoms with Gasteiger partial charge in [0.1, 0.15) is 6.54 Å². The fourth-order valence-corrected chi connectivity index (χ4v) is 3.80. The molecule has 0 atom stereocenters. The lowest BCUT2D eigenvalue weighted by Gasteiger charge is -2.24. The number of hydrogen-bond donors (Lipinski definition) is 1. The average molecular weight is 461 g/mol. The highest BCUT2D eigenvalue weighted by Crippen LogP contribution is 2.26. The molecule has 0 aliphatic heterocycles. The van der Waals surface area contributed by atoms with Gasteiger partial charge in [0.2, 0.25) is 15.9 Å². The number of benzene rings is 2. The average Bonchev–Trinajstić information content (AvgIpc) is 2.71. The normalized spacial score (nSPS) is 11.7. The summed E-state index contributed by atoms with van der Waals surface area (Å²) in [5.41, 5.74) is 2.25. The molecule has 7 nitrogen and oxygen atoms in total. The number of amides is 1. The molecular weight excluding hydrogens is 428 g/mol. The van der Waals surface area contributed by atoms with Crippen LogP contribution in [0.5, 0.6) is 0 Å². The van der Waals surface area contributed by atoms with Crippen molar-refractivity contribution in [2.24, 2.45) is 0 Å². The zero-order valence-electron chi connectivity index (χ0n) is 19.3. The van der Waals surface area contributed by atoms with Crippen LogP contribution in [0.4, 0.5) is 11.4 Å². The minimum Gasteiger partial charge on any atom is -0.462 e. The molecule has 0 bridgehead atoms. The van der Waals surface area contributed by atoms with Crippen LogP contribution in [0.1, 0.15) is 56.5 Å². The lowest BCUT2D eigenvalue weighted by Crippen LogP contribution is -2.37. The summed E-state index contributed by atoms with van der Waals surface area (Å²) >= 11 is 0. The Hall–Kier alpha value is -2.87. The molecule has 2 rings (SSSR count). The van der Waals surface area contributed by atoms with Gasteiger partial charge in [-0.15, -0.1) is 0 Å². The second-order valence-electron chi connectivity index (χ2n) is 8.68. The molecule has 0 spiro atoms. The molecule has 0 aliphatic rings. The Morgan fingerprint density at radius 2 is 1.59 bits per heavy atom. The maximum atomic E-state index is 12.6. The number of carbonyl (C=O) groups excluding carboxylic acids is 2. The number of carbonyl (C=O) groups is 2. The third-order valence-electron chi connectivity index (χ3n) is 4.84. The van der Waals surface area contributed by atoms with E-state index in [1.54, 1.807) is 36.4 Å². The molecule has 0 fully saturated rings. The smallest absolute Gasteiger partial charge is 0.338 e. The SMILES string of the molecule is CCCCOC(=O)c1ccc(NC(=O)CN(c2ccc(C(C)(C)C)cc2)S(C)(=O)=O)cc1. The van der Waals surface area contributed by atoms with Gasteiger partial charge in [-0.1, -0.05) is 46.2 Å². The number of ether oxygens (including phenoxy) is 1. The van der Waals surface area contributed by atoms with Crippen LogP contribution in [0.25, 0.3) is 0 Å². The fraction of sp³-hybridized carbons (Fsp3) is 0.417. The zero-order valence-corrected chi connectivity index (χ0v) is 20.2. The molecule has 0 heterocycles. The zero-order chi connectivity index (χ0) is 23.9. The summed E-state index contributed by atoms with van der Waals surface area (Å²) in [4.78, 5) is 24.5. The van der Waals surface area contributed by atoms with E-state index in [-0.39, 0.29) is 12.0 Å². The summed E-state index contributed by atoms with van der Waals surface area (Å²) in [6, 6.07) is 13.4. The van der Waals surface area contributed by atoms with Crippen molar-refractivity contribution in [2.75, 3.05) is 29.0 Å². The highest BCUT2D eigenvalue weighted by Gasteiger charge is 2.22. The monoisotopic (exact) mass is 460 g/mol. The Bertz CT molecular complexity index is 1020. The van der Waals surface area contributed by atoms with E-state index in [2.05, 4.69) is 26.1 Å². The summed E-state index contributed by atoms with van der Waals surface area (Å²) in [5, 5.41) is 2.67. The first-order valence-corrected chi connectivity index (χ1v) is 12.4. The number of nitrogens with zero attached hydrogens (tertiary/aromatic N) is 1. The van der Waals surface area contributed by atoms with Crippen LogP contribution in [0.3, 0.4) is 0 Å². The third-order valence-corrected chi connectivity index (χ3v) is 5.98. The Kier molecular flexibility index (Phi) is 8.44. The lowest BCUT2D eigenvalue weighted by molar-refractivity contribution is -0.114. The van der Waals surface area contributed by atoms with Crippen molar-refractivity contribution in [1.82, 2.24) is 0 Å². The molecule has 0 saturated carbocycles. The van der Waals surface area contributed by atoms with E-state index >= 15 is 0 Å². The molecule has 0 unspecified atom stereocenters. The van der Waals surface area contributed by atoms with E-state index < -0.39 is 21.9 Å². The molecular formula is C24H32N2O5S. The Morgan fingerprint density at radius 1 is 1.00 bits per heavy atom. The Labute approximate surface area is 190 Å². The molecule has 2 aromatic rings. The van der Waals surface area contributed by atoms with Gasteiger partial charge < -0.3 is 10.1 Å². The number of rotatable bonds is 9. The van der Waals surface area contributed by atoms with Crippen molar-refractivity contribution in [3.63, 3.8) is 0 Å². The number of unbranched alkanes of at least 4 members (excludes halogenated alkanes) is 1. The molecule has 0 aliphatic carbocycles. The highest BCUT2D eigenvalue weighted by atomic mass is 32.2. The van der Waals surface area contributed by atoms with Crippen molar-refractivity contribution >= 4 is 33.3 Å². The van der Waals surface area contributed by atoms with Crippen molar-refractivity contribution in [1.29, 1.82) is 0 Å². The maximum Gasteiger partial charge on any atom is 0.338 e. The van der Waals surface area contributed by atoms with E-state index in [1.165, 1.54) is 0 Å². The first-order valence-electron chi connectivity index (χ1n) is 10.6. The van der Waals surface area contributed by atoms with Crippen LogP contribution in [-0.4, -0.2) is 39.7 Å². The molecule has 2 aromatic carbocycles. The largest absolute Gasteiger partial charge is 0.462 e. The predicted octanol–water partition coefficient (Wildman–Crippen LogP) is 4.35. The number of nitrogens with one attached hydrogen (secondary N) is 1. The molecule has 1 N–H and O–H groups in total. The van der Waals surface area contributed by atoms with E-state index in [0.717, 1.165) is 29.0 Å². The second-order valence-corrected chi connectivity index (χ2v) is 10.6. The number of hydrogen-bond acceptors (Lipinski definition) is 5. The van der Waals surface area contributed by atoms with Crippen LogP contribution in [-0.2, 0) is 25.0 Å². The van der Waals surface area contributed by atoms with Gasteiger partial charge in [0.15, 0.2) is 0 Å². The molecule has 1 amide bonds. The van der Waals surface area contributed by atoms with Crippen LogP contribution in [0, 0.1) is 0 Å². The fourth-order valence-electron chi connectivity index (χ4n) is 2.94. The molecule has 0 radical (unpaired) electrons. The van der Waals surface area contributed by atoms with Gasteiger partial charge >= 0.3 is 5.97 Å². The first-order chi connectivity index (χ1) is 14.9. The summed E-state index contributed by atoms with van der Waals surface area (Å²) in [5.74, 6) is -0.910. The topological polar surface area (TPSA) is 92.8 Å². The van der Waals surface area contributed by atoms with E-state index in [0.29, 0.717) is 23.5 Å². The molecule has 32 heavy (non-hydrogen) atoms. The van der Waals surface area contributed by atoms with Gasteiger partial charge in [0.05, 0.1) is 24.1 Å². The van der Waals surface area contributed by atoms with Gasteiger partial charge in [0.25, 0.3) is 0 Å². The summed E-state index contributed by atoms with van der Waals surface area (Å²) in [6.07, 6.45) is 2.80. The van der Waals surface area contributed by atoms with Crippen molar-refractivity contribution in [3.8, 4) is 0 Å². The van der Waals surface area contributed by atoms with Crippen LogP contribution in [0.2, 0.25) is 0 Å². The lowest BCUT2D eigenvalue weighted by atomic mass is 9.87. The van der Waals surface area contributed by atoms with E-state index in [4.69, 9.17) is 4.74 Å². The van der Waals surface area contributed by atoms with Crippen molar-refractivity contribution < 1.29 is 22.7 Å². The third kappa shape index (κ3) is 7.37. The van der Waals surface area contributed by atoms with E-state index in [1.807, 2.05) is 19.1 Å². The van der Waals surface area contributed by atoms with Crippen LogP contribution >= 0.6 is 0 Å². The minimum atomic E-state index is -3.67. The standard InChI is InChI=1S/C24H32N2O5S/c1-6-7-16-31-23(28)18-8-12-20(13-9-18)25-22(27)17-26(32(5,29)30)21-14-10-19(11-15-21)24(2,3)4/h8-15H,6-7,16-17H2,1-5H3,(H,25,27). The number of anilines is 2. The minimum absolute atomic E-state index is 0.0690. The first kappa shape index (κ1) is 25.4. The molecule has 0 saturated heterocycles. The predicted molar refractivity (Wildman–Crippen MR) is 128 cm³/mol. The van der Waals surface area contributed by atoms with E-state index in [9.17, 15) is 18.0 Å². The molecule has 174 valence electrons. The summed E-state index contributed by atoms with van der Waals surface area (Å²) in [6.45, 7) is 8.22. The van der Waals surface area contributed by atoms with Gasteiger partial charge in [-0.3, -0.25) is 9.10 Å². The van der Waals surface area contributed by atoms with Gasteiger partial charge in [-0.25, -0.2) is 13.2 Å². The van der Waals surface area contributed by atoms with Crippen LogP contribution in [0.15, 0.2) is 48.5 Å². The van der Waals surface area contributed by atoms with Gasteiger partial charge in [-0.2, -0.15) is 0 Å². The van der Waals surface area contributed by atoms with Crippen molar-refractivity contribution in [2.45, 2.75) is 46.0 Å². The second kappa shape index (κ2) is 10.6. The van der Waals surface area contributed by atoms with Gasteiger partial charge in [-0.05, 0) is 53.8 Å². The maximum absolute atomic E-state index is 12.6.